The van der Waals surface area contributed by atoms with Gasteiger partial charge >= 0.3 is 0 Å². The van der Waals surface area contributed by atoms with E-state index >= 15 is 0 Å². The molecular weight excluding hydrogens is 250 g/mol. The highest BCUT2D eigenvalue weighted by atomic mass is 16.3. The molecule has 2 fully saturated rings. The van der Waals surface area contributed by atoms with Gasteiger partial charge in [-0.25, -0.2) is 0 Å². The lowest BCUT2D eigenvalue weighted by Crippen LogP contribution is -2.44. The standard InChI is InChI=1S/C16H27N3O/c1-18-9-3-4-14(11-18)19(2)12-16-8-7-15(20-16)10-17-13-5-6-13/h7-8,13-14,17H,3-6,9-12H2,1-2H3. The molecule has 1 aromatic heterocycles. The van der Waals surface area contributed by atoms with E-state index < -0.39 is 0 Å². The van der Waals surface area contributed by atoms with Gasteiger partial charge in [-0.1, -0.05) is 0 Å². The fraction of sp³-hybridized carbons (Fsp3) is 0.750. The molecule has 4 nitrogen and oxygen atoms in total. The summed E-state index contributed by atoms with van der Waals surface area (Å²) in [5.41, 5.74) is 0. The predicted octanol–water partition coefficient (Wildman–Crippen LogP) is 2.06. The number of rotatable bonds is 6. The molecule has 0 spiro atoms. The third kappa shape index (κ3) is 3.84. The van der Waals surface area contributed by atoms with Crippen LogP contribution in [-0.2, 0) is 13.1 Å². The van der Waals surface area contributed by atoms with Gasteiger partial charge < -0.3 is 14.6 Å². The second kappa shape index (κ2) is 6.29. The first-order valence-corrected chi connectivity index (χ1v) is 7.90. The van der Waals surface area contributed by atoms with E-state index in [1.807, 2.05) is 0 Å². The van der Waals surface area contributed by atoms with E-state index in [4.69, 9.17) is 4.42 Å². The summed E-state index contributed by atoms with van der Waals surface area (Å²) in [6.07, 6.45) is 5.26. The molecule has 2 heterocycles. The van der Waals surface area contributed by atoms with Crippen LogP contribution in [0.2, 0.25) is 0 Å². The minimum absolute atomic E-state index is 0.659. The molecule has 1 saturated heterocycles. The van der Waals surface area contributed by atoms with Gasteiger partial charge in [0.25, 0.3) is 0 Å². The van der Waals surface area contributed by atoms with Gasteiger partial charge in [0.2, 0.25) is 0 Å². The molecule has 0 amide bonds. The van der Waals surface area contributed by atoms with E-state index in [-0.39, 0.29) is 0 Å². The Balaban J connectivity index is 1.48. The monoisotopic (exact) mass is 277 g/mol. The number of likely N-dealkylation sites (tertiary alicyclic amines) is 1. The van der Waals surface area contributed by atoms with Crippen LogP contribution in [0, 0.1) is 0 Å². The number of likely N-dealkylation sites (N-methyl/N-ethyl adjacent to an activating group) is 2. The van der Waals surface area contributed by atoms with Gasteiger partial charge in [0, 0.05) is 18.6 Å². The van der Waals surface area contributed by atoms with Crippen molar-refractivity contribution in [1.82, 2.24) is 15.1 Å². The summed E-state index contributed by atoms with van der Waals surface area (Å²) in [6.45, 7) is 4.21. The van der Waals surface area contributed by atoms with Crippen LogP contribution < -0.4 is 5.32 Å². The topological polar surface area (TPSA) is 31.6 Å². The first-order chi connectivity index (χ1) is 9.70. The second-order valence-electron chi connectivity index (χ2n) is 6.50. The molecule has 1 saturated carbocycles. The van der Waals surface area contributed by atoms with Gasteiger partial charge in [-0.2, -0.15) is 0 Å². The van der Waals surface area contributed by atoms with Crippen molar-refractivity contribution in [2.45, 2.75) is 50.9 Å². The molecule has 4 heteroatoms. The fourth-order valence-corrected chi connectivity index (χ4v) is 3.01. The van der Waals surface area contributed by atoms with Crippen molar-refractivity contribution in [2.24, 2.45) is 0 Å². The fourth-order valence-electron chi connectivity index (χ4n) is 3.01. The maximum Gasteiger partial charge on any atom is 0.118 e. The number of piperidine rings is 1. The molecule has 1 aromatic rings. The Morgan fingerprint density at radius 1 is 1.30 bits per heavy atom. The van der Waals surface area contributed by atoms with Crippen LogP contribution in [-0.4, -0.2) is 49.1 Å². The maximum absolute atomic E-state index is 5.93. The van der Waals surface area contributed by atoms with Crippen LogP contribution >= 0.6 is 0 Å². The largest absolute Gasteiger partial charge is 0.463 e. The molecule has 1 N–H and O–H groups in total. The Labute approximate surface area is 122 Å². The Morgan fingerprint density at radius 3 is 2.85 bits per heavy atom. The van der Waals surface area contributed by atoms with Crippen LogP contribution in [0.5, 0.6) is 0 Å². The van der Waals surface area contributed by atoms with E-state index in [9.17, 15) is 0 Å². The highest BCUT2D eigenvalue weighted by molar-refractivity contribution is 5.07. The summed E-state index contributed by atoms with van der Waals surface area (Å²) in [4.78, 5) is 4.87. The Morgan fingerprint density at radius 2 is 2.10 bits per heavy atom. The normalized spacial score (nSPS) is 24.4. The Hall–Kier alpha value is -0.840. The molecule has 112 valence electrons. The minimum Gasteiger partial charge on any atom is -0.463 e. The summed E-state index contributed by atoms with van der Waals surface area (Å²) < 4.78 is 5.93. The van der Waals surface area contributed by atoms with E-state index in [1.54, 1.807) is 0 Å². The zero-order valence-corrected chi connectivity index (χ0v) is 12.8. The van der Waals surface area contributed by atoms with Crippen molar-refractivity contribution in [2.75, 3.05) is 27.2 Å². The van der Waals surface area contributed by atoms with Crippen LogP contribution in [0.15, 0.2) is 16.5 Å². The van der Waals surface area contributed by atoms with E-state index in [0.717, 1.165) is 30.7 Å². The van der Waals surface area contributed by atoms with E-state index in [0.29, 0.717) is 6.04 Å². The first kappa shape index (κ1) is 14.1. The number of nitrogens with zero attached hydrogens (tertiary/aromatic N) is 2. The molecule has 2 aliphatic rings. The molecule has 0 bridgehead atoms. The molecular formula is C16H27N3O. The third-order valence-corrected chi connectivity index (χ3v) is 4.49. The average Bonchev–Trinajstić information content (AvgIpc) is 3.16. The molecule has 0 aromatic carbocycles. The molecule has 0 radical (unpaired) electrons. The maximum atomic E-state index is 5.93. The van der Waals surface area contributed by atoms with Gasteiger partial charge in [0.15, 0.2) is 0 Å². The first-order valence-electron chi connectivity index (χ1n) is 7.90. The number of nitrogens with one attached hydrogen (secondary N) is 1. The lowest BCUT2D eigenvalue weighted by atomic mass is 10.1. The number of furan rings is 1. The van der Waals surface area contributed by atoms with E-state index in [1.165, 1.54) is 38.8 Å². The third-order valence-electron chi connectivity index (χ3n) is 4.49. The molecule has 20 heavy (non-hydrogen) atoms. The van der Waals surface area contributed by atoms with Crippen molar-refractivity contribution in [3.05, 3.63) is 23.7 Å². The summed E-state index contributed by atoms with van der Waals surface area (Å²) in [5.74, 6) is 2.16. The lowest BCUT2D eigenvalue weighted by molar-refractivity contribution is 0.123. The van der Waals surface area contributed by atoms with Gasteiger partial charge in [0.1, 0.15) is 11.5 Å². The Bertz CT molecular complexity index is 427. The number of hydrogen-bond acceptors (Lipinski definition) is 4. The summed E-state index contributed by atoms with van der Waals surface area (Å²) in [6, 6.07) is 5.65. The average molecular weight is 277 g/mol. The van der Waals surface area contributed by atoms with Gasteiger partial charge in [-0.15, -0.1) is 0 Å². The van der Waals surface area contributed by atoms with Crippen molar-refractivity contribution in [3.8, 4) is 0 Å². The summed E-state index contributed by atoms with van der Waals surface area (Å²) in [7, 11) is 4.43. The van der Waals surface area contributed by atoms with E-state index in [2.05, 4.69) is 41.3 Å². The van der Waals surface area contributed by atoms with Crippen LogP contribution in [0.1, 0.15) is 37.2 Å². The predicted molar refractivity (Wildman–Crippen MR) is 80.6 cm³/mol. The Kier molecular flexibility index (Phi) is 4.44. The lowest BCUT2D eigenvalue weighted by Gasteiger charge is -2.35. The van der Waals surface area contributed by atoms with Crippen LogP contribution in [0.3, 0.4) is 0 Å². The smallest absolute Gasteiger partial charge is 0.118 e. The van der Waals surface area contributed by atoms with Crippen molar-refractivity contribution in [3.63, 3.8) is 0 Å². The van der Waals surface area contributed by atoms with Gasteiger partial charge in [-0.05, 0) is 58.5 Å². The SMILES string of the molecule is CN1CCCC(N(C)Cc2ccc(CNC3CC3)o2)C1. The molecule has 1 atom stereocenters. The van der Waals surface area contributed by atoms with Gasteiger partial charge in [0.05, 0.1) is 13.1 Å². The highest BCUT2D eigenvalue weighted by Gasteiger charge is 2.22. The van der Waals surface area contributed by atoms with Crippen LogP contribution in [0.25, 0.3) is 0 Å². The molecule has 1 aliphatic heterocycles. The molecule has 1 aliphatic carbocycles. The second-order valence-corrected chi connectivity index (χ2v) is 6.50. The molecule has 1 unspecified atom stereocenters. The van der Waals surface area contributed by atoms with Crippen molar-refractivity contribution < 1.29 is 4.42 Å². The molecule has 3 rings (SSSR count). The van der Waals surface area contributed by atoms with Crippen molar-refractivity contribution >= 4 is 0 Å². The van der Waals surface area contributed by atoms with Gasteiger partial charge in [-0.3, -0.25) is 4.90 Å². The minimum atomic E-state index is 0.659. The zero-order valence-electron chi connectivity index (χ0n) is 12.8. The quantitative estimate of drug-likeness (QED) is 0.862. The summed E-state index contributed by atoms with van der Waals surface area (Å²) >= 11 is 0. The van der Waals surface area contributed by atoms with Crippen molar-refractivity contribution in [1.29, 1.82) is 0 Å². The summed E-state index contributed by atoms with van der Waals surface area (Å²) in [5, 5.41) is 3.49. The number of hydrogen-bond donors (Lipinski definition) is 1. The zero-order chi connectivity index (χ0) is 13.9. The highest BCUT2D eigenvalue weighted by Crippen LogP contribution is 2.20. The van der Waals surface area contributed by atoms with Crippen LogP contribution in [0.4, 0.5) is 0 Å².